The lowest BCUT2D eigenvalue weighted by Gasteiger charge is -2.45. The second-order valence-corrected chi connectivity index (χ2v) is 10.4. The lowest BCUT2D eigenvalue weighted by Crippen LogP contribution is -2.62. The minimum Gasteiger partial charge on any atom is -0.335 e. The van der Waals surface area contributed by atoms with Gasteiger partial charge in [-0.3, -0.25) is 19.4 Å². The van der Waals surface area contributed by atoms with Crippen molar-refractivity contribution in [3.63, 3.8) is 0 Å². The van der Waals surface area contributed by atoms with E-state index in [0.29, 0.717) is 31.1 Å². The van der Waals surface area contributed by atoms with Crippen LogP contribution in [0.5, 0.6) is 0 Å². The van der Waals surface area contributed by atoms with Gasteiger partial charge < -0.3 is 16.0 Å². The number of amides is 4. The Balaban J connectivity index is 1.18. The average Bonchev–Trinajstić information content (AvgIpc) is 3.32. The second kappa shape index (κ2) is 9.94. The predicted molar refractivity (Wildman–Crippen MR) is 132 cm³/mol. The van der Waals surface area contributed by atoms with E-state index in [1.54, 1.807) is 4.90 Å². The van der Waals surface area contributed by atoms with E-state index in [0.717, 1.165) is 57.3 Å². The van der Waals surface area contributed by atoms with E-state index in [9.17, 15) is 14.4 Å². The molecule has 5 rings (SSSR count). The molecule has 1 aromatic carbocycles. The fraction of sp³-hybridized carbons (Fsp3) is 0.654. The molecule has 1 saturated heterocycles. The van der Waals surface area contributed by atoms with Crippen molar-refractivity contribution in [3.05, 3.63) is 24.3 Å². The zero-order valence-electron chi connectivity index (χ0n) is 20.0. The first kappa shape index (κ1) is 23.1. The van der Waals surface area contributed by atoms with Crippen molar-refractivity contribution < 1.29 is 14.4 Å². The molecule has 1 spiro atoms. The summed E-state index contributed by atoms with van der Waals surface area (Å²) in [5, 5.41) is 9.31. The molecule has 3 fully saturated rings. The largest absolute Gasteiger partial charge is 0.335 e. The Morgan fingerprint density at radius 3 is 2.26 bits per heavy atom. The molecule has 34 heavy (non-hydrogen) atoms. The zero-order chi connectivity index (χ0) is 23.5. The molecule has 1 aromatic rings. The Labute approximate surface area is 201 Å². The lowest BCUT2D eigenvalue weighted by atomic mass is 9.89. The standard InChI is InChI=1S/C26H37N5O3/c32-23(31-22-11-5-4-10-21(22)29-24(33)26(31)14-6-7-15-26)18-30-16-12-20(13-17-30)28-25(34)27-19-8-2-1-3-9-19/h4-5,10-11,19-20H,1-3,6-9,12-18H2,(H,29,33)(H2,27,28,34). The average molecular weight is 468 g/mol. The summed E-state index contributed by atoms with van der Waals surface area (Å²) in [6.45, 7) is 1.81. The molecular weight excluding hydrogens is 430 g/mol. The van der Waals surface area contributed by atoms with Gasteiger partial charge in [0.2, 0.25) is 5.91 Å². The van der Waals surface area contributed by atoms with Gasteiger partial charge in [-0.1, -0.05) is 44.2 Å². The van der Waals surface area contributed by atoms with E-state index in [-0.39, 0.29) is 23.9 Å². The highest BCUT2D eigenvalue weighted by Gasteiger charge is 2.52. The van der Waals surface area contributed by atoms with Crippen LogP contribution in [0.1, 0.15) is 70.6 Å². The number of fused-ring (bicyclic) bond motifs is 1. The predicted octanol–water partition coefficient (Wildman–Crippen LogP) is 3.38. The minimum absolute atomic E-state index is 0.00866. The summed E-state index contributed by atoms with van der Waals surface area (Å²) in [5.41, 5.74) is 0.762. The Morgan fingerprint density at radius 1 is 0.912 bits per heavy atom. The molecule has 2 aliphatic heterocycles. The van der Waals surface area contributed by atoms with Crippen molar-refractivity contribution in [2.45, 2.75) is 88.3 Å². The number of likely N-dealkylation sites (tertiary alicyclic amines) is 1. The van der Waals surface area contributed by atoms with Gasteiger partial charge >= 0.3 is 6.03 Å². The van der Waals surface area contributed by atoms with Crippen LogP contribution < -0.4 is 20.9 Å². The van der Waals surface area contributed by atoms with E-state index in [2.05, 4.69) is 20.9 Å². The van der Waals surface area contributed by atoms with Crippen LogP contribution in [0.3, 0.4) is 0 Å². The van der Waals surface area contributed by atoms with Crippen LogP contribution in [0.15, 0.2) is 24.3 Å². The third-order valence-electron chi connectivity index (χ3n) is 8.15. The molecule has 0 radical (unpaired) electrons. The summed E-state index contributed by atoms with van der Waals surface area (Å²) < 4.78 is 0. The van der Waals surface area contributed by atoms with Gasteiger partial charge in [-0.05, 0) is 50.7 Å². The summed E-state index contributed by atoms with van der Waals surface area (Å²) in [6, 6.07) is 8.00. The molecule has 8 nitrogen and oxygen atoms in total. The van der Waals surface area contributed by atoms with Crippen molar-refractivity contribution in [3.8, 4) is 0 Å². The number of hydrogen-bond donors (Lipinski definition) is 3. The molecule has 2 heterocycles. The summed E-state index contributed by atoms with van der Waals surface area (Å²) in [4.78, 5) is 43.1. The molecule has 0 bridgehead atoms. The summed E-state index contributed by atoms with van der Waals surface area (Å²) in [5.74, 6) is -0.0606. The highest BCUT2D eigenvalue weighted by atomic mass is 16.2. The number of urea groups is 1. The van der Waals surface area contributed by atoms with Gasteiger partial charge in [-0.15, -0.1) is 0 Å². The molecule has 4 aliphatic rings. The number of anilines is 2. The van der Waals surface area contributed by atoms with Crippen LogP contribution in [-0.2, 0) is 9.59 Å². The van der Waals surface area contributed by atoms with Crippen LogP contribution in [0, 0.1) is 0 Å². The Kier molecular flexibility index (Phi) is 6.77. The lowest BCUT2D eigenvalue weighted by molar-refractivity contribution is -0.128. The van der Waals surface area contributed by atoms with E-state index in [4.69, 9.17) is 0 Å². The van der Waals surface area contributed by atoms with Crippen molar-refractivity contribution in [2.24, 2.45) is 0 Å². The van der Waals surface area contributed by atoms with Gasteiger partial charge in [0.15, 0.2) is 0 Å². The maximum atomic E-state index is 13.6. The van der Waals surface area contributed by atoms with Crippen LogP contribution >= 0.6 is 0 Å². The monoisotopic (exact) mass is 467 g/mol. The van der Waals surface area contributed by atoms with Crippen molar-refractivity contribution in [1.29, 1.82) is 0 Å². The van der Waals surface area contributed by atoms with Crippen molar-refractivity contribution in [2.75, 3.05) is 29.9 Å². The maximum absolute atomic E-state index is 13.6. The van der Waals surface area contributed by atoms with Crippen LogP contribution in [0.25, 0.3) is 0 Å². The minimum atomic E-state index is -0.761. The van der Waals surface area contributed by atoms with E-state index in [1.807, 2.05) is 24.3 Å². The fourth-order valence-corrected chi connectivity index (χ4v) is 6.29. The summed E-state index contributed by atoms with van der Waals surface area (Å²) in [7, 11) is 0. The summed E-state index contributed by atoms with van der Waals surface area (Å²) >= 11 is 0. The number of para-hydroxylation sites is 2. The number of nitrogens with one attached hydrogen (secondary N) is 3. The van der Waals surface area contributed by atoms with Gasteiger partial charge in [0.25, 0.3) is 5.91 Å². The van der Waals surface area contributed by atoms with E-state index in [1.165, 1.54) is 19.3 Å². The maximum Gasteiger partial charge on any atom is 0.315 e. The molecule has 184 valence electrons. The van der Waals surface area contributed by atoms with Crippen LogP contribution in [-0.4, -0.2) is 60.0 Å². The number of rotatable bonds is 4. The van der Waals surface area contributed by atoms with Crippen LogP contribution in [0.2, 0.25) is 0 Å². The zero-order valence-corrected chi connectivity index (χ0v) is 20.0. The number of carbonyl (C=O) groups is 3. The first-order chi connectivity index (χ1) is 16.5. The Hall–Kier alpha value is -2.61. The van der Waals surface area contributed by atoms with E-state index < -0.39 is 5.54 Å². The molecule has 2 aliphatic carbocycles. The number of benzene rings is 1. The molecule has 4 amide bonds. The molecule has 0 aromatic heterocycles. The first-order valence-electron chi connectivity index (χ1n) is 13.1. The van der Waals surface area contributed by atoms with Gasteiger partial charge in [0.05, 0.1) is 17.9 Å². The van der Waals surface area contributed by atoms with Gasteiger partial charge in [-0.2, -0.15) is 0 Å². The molecule has 0 atom stereocenters. The Morgan fingerprint density at radius 2 is 1.56 bits per heavy atom. The van der Waals surface area contributed by atoms with Crippen molar-refractivity contribution >= 4 is 29.2 Å². The van der Waals surface area contributed by atoms with Crippen molar-refractivity contribution in [1.82, 2.24) is 15.5 Å². The van der Waals surface area contributed by atoms with Crippen LogP contribution in [0.4, 0.5) is 16.2 Å². The Bertz CT molecular complexity index is 915. The SMILES string of the molecule is O=C(NC1CCCCC1)NC1CCN(CC(=O)N2c3ccccc3NC(=O)C23CCCC3)CC1. The topological polar surface area (TPSA) is 93.8 Å². The highest BCUT2D eigenvalue weighted by Crippen LogP contribution is 2.45. The molecular formula is C26H37N5O3. The third kappa shape index (κ3) is 4.65. The normalized spacial score (nSPS) is 23.4. The van der Waals surface area contributed by atoms with Gasteiger partial charge in [0.1, 0.15) is 5.54 Å². The molecule has 3 N–H and O–H groups in total. The second-order valence-electron chi connectivity index (χ2n) is 10.4. The molecule has 0 unspecified atom stereocenters. The number of piperidine rings is 1. The van der Waals surface area contributed by atoms with E-state index >= 15 is 0 Å². The number of carbonyl (C=O) groups excluding carboxylic acids is 3. The third-order valence-corrected chi connectivity index (χ3v) is 8.15. The highest BCUT2D eigenvalue weighted by molar-refractivity contribution is 6.15. The number of hydrogen-bond acceptors (Lipinski definition) is 4. The van der Waals surface area contributed by atoms with Gasteiger partial charge in [-0.25, -0.2) is 4.79 Å². The number of nitrogens with zero attached hydrogens (tertiary/aromatic N) is 2. The smallest absolute Gasteiger partial charge is 0.315 e. The molecule has 8 heteroatoms. The van der Waals surface area contributed by atoms with Gasteiger partial charge in [0, 0.05) is 25.2 Å². The fourth-order valence-electron chi connectivity index (χ4n) is 6.29. The molecule has 2 saturated carbocycles. The summed E-state index contributed by atoms with van der Waals surface area (Å²) in [6.07, 6.45) is 10.8. The first-order valence-corrected chi connectivity index (χ1v) is 13.1. The quantitative estimate of drug-likeness (QED) is 0.633.